The summed E-state index contributed by atoms with van der Waals surface area (Å²) in [6, 6.07) is 48.6. The van der Waals surface area contributed by atoms with Gasteiger partial charge in [0.2, 0.25) is 0 Å². The second-order valence-electron chi connectivity index (χ2n) is 12.1. The van der Waals surface area contributed by atoms with Crippen molar-refractivity contribution in [3.05, 3.63) is 174 Å². The largest absolute Gasteiger partial charge is 0.404 e. The quantitative estimate of drug-likeness (QED) is 0.0925. The SMILES string of the molecule is CC(CCCO[Si](c1ccccc1)(c1ccccc1)c1ccccc1)(c1cccc2c1Cc1ccccc1-2)C1C=CC=C1. The Kier molecular flexibility index (Phi) is 7.57. The lowest BCUT2D eigenvalue weighted by molar-refractivity contribution is 0.273. The summed E-state index contributed by atoms with van der Waals surface area (Å²) in [5.41, 5.74) is 7.20. The monoisotopic (exact) mass is 574 g/mol. The van der Waals surface area contributed by atoms with E-state index in [1.165, 1.54) is 43.4 Å². The van der Waals surface area contributed by atoms with Gasteiger partial charge in [0.05, 0.1) is 0 Å². The van der Waals surface area contributed by atoms with Gasteiger partial charge in [-0.1, -0.05) is 165 Å². The van der Waals surface area contributed by atoms with Crippen LogP contribution in [0.5, 0.6) is 0 Å². The first-order chi connectivity index (χ1) is 21.2. The Balaban J connectivity index is 1.22. The number of benzene rings is 5. The van der Waals surface area contributed by atoms with E-state index in [1.54, 1.807) is 0 Å². The van der Waals surface area contributed by atoms with Crippen molar-refractivity contribution in [3.63, 3.8) is 0 Å². The molecule has 43 heavy (non-hydrogen) atoms. The Labute approximate surface area is 257 Å². The molecule has 0 heterocycles. The first-order valence-electron chi connectivity index (χ1n) is 15.6. The van der Waals surface area contributed by atoms with Crippen molar-refractivity contribution in [2.24, 2.45) is 5.92 Å². The number of allylic oxidation sites excluding steroid dienone is 4. The highest BCUT2D eigenvalue weighted by molar-refractivity contribution is 7.07. The van der Waals surface area contributed by atoms with Crippen LogP contribution in [0.3, 0.4) is 0 Å². The standard InChI is InChI=1S/C41H38OSi/c1-41(33-18-12-13-19-33,40-28-15-27-38-37-26-14-11-17-32(37)31-39(38)40)29-16-30-42-43(34-20-5-2-6-21-34,35-22-7-3-8-23-35)36-24-9-4-10-25-36/h2-15,17-28,33H,16,29-31H2,1H3. The molecule has 0 fully saturated rings. The first kappa shape index (κ1) is 27.6. The number of hydrogen-bond acceptors (Lipinski definition) is 1. The summed E-state index contributed by atoms with van der Waals surface area (Å²) < 4.78 is 7.33. The Bertz CT molecular complexity index is 1650. The van der Waals surface area contributed by atoms with Gasteiger partial charge in [-0.25, -0.2) is 0 Å². The molecule has 212 valence electrons. The van der Waals surface area contributed by atoms with E-state index >= 15 is 0 Å². The van der Waals surface area contributed by atoms with E-state index in [1.807, 2.05) is 0 Å². The number of rotatable bonds is 10. The summed E-state index contributed by atoms with van der Waals surface area (Å²) >= 11 is 0. The molecule has 1 unspecified atom stereocenters. The average molecular weight is 575 g/mol. The maximum absolute atomic E-state index is 7.33. The molecule has 0 saturated carbocycles. The van der Waals surface area contributed by atoms with Crippen molar-refractivity contribution in [1.82, 2.24) is 0 Å². The van der Waals surface area contributed by atoms with Crippen LogP contribution in [0.15, 0.2) is 158 Å². The van der Waals surface area contributed by atoms with Crippen LogP contribution in [0.1, 0.15) is 36.5 Å². The third-order valence-electron chi connectivity index (χ3n) is 9.65. The number of hydrogen-bond donors (Lipinski definition) is 0. The fraction of sp³-hybridized carbons (Fsp3) is 0.171. The van der Waals surface area contributed by atoms with Crippen LogP contribution < -0.4 is 15.6 Å². The van der Waals surface area contributed by atoms with E-state index in [4.69, 9.17) is 4.43 Å². The van der Waals surface area contributed by atoms with E-state index in [-0.39, 0.29) is 5.41 Å². The average Bonchev–Trinajstić information content (AvgIpc) is 3.75. The number of fused-ring (bicyclic) bond motifs is 3. The molecule has 1 nitrogen and oxygen atoms in total. The Hall–Kier alpha value is -4.24. The molecular weight excluding hydrogens is 537 g/mol. The van der Waals surface area contributed by atoms with Gasteiger partial charge in [0, 0.05) is 17.9 Å². The summed E-state index contributed by atoms with van der Waals surface area (Å²) in [6.45, 7) is 3.18. The molecule has 5 aromatic carbocycles. The van der Waals surface area contributed by atoms with Gasteiger partial charge >= 0.3 is 0 Å². The van der Waals surface area contributed by atoms with Crippen LogP contribution in [-0.2, 0) is 16.3 Å². The molecule has 1 atom stereocenters. The molecule has 0 bridgehead atoms. The van der Waals surface area contributed by atoms with Gasteiger partial charge in [0.25, 0.3) is 8.32 Å². The Morgan fingerprint density at radius 3 is 1.77 bits per heavy atom. The van der Waals surface area contributed by atoms with Crippen molar-refractivity contribution < 1.29 is 4.43 Å². The molecule has 5 aromatic rings. The zero-order chi connectivity index (χ0) is 29.1. The van der Waals surface area contributed by atoms with Crippen molar-refractivity contribution >= 4 is 23.9 Å². The van der Waals surface area contributed by atoms with Crippen LogP contribution >= 0.6 is 0 Å². The van der Waals surface area contributed by atoms with Crippen LogP contribution in [0.2, 0.25) is 0 Å². The summed E-state index contributed by atoms with van der Waals surface area (Å²) in [7, 11) is -2.72. The van der Waals surface area contributed by atoms with Gasteiger partial charge in [-0.05, 0) is 62.6 Å². The lowest BCUT2D eigenvalue weighted by Crippen LogP contribution is -2.69. The Morgan fingerprint density at radius 2 is 1.16 bits per heavy atom. The van der Waals surface area contributed by atoms with Gasteiger partial charge in [-0.2, -0.15) is 0 Å². The van der Waals surface area contributed by atoms with E-state index in [0.29, 0.717) is 12.5 Å². The maximum Gasteiger partial charge on any atom is 0.288 e. The zero-order valence-electron chi connectivity index (χ0n) is 24.8. The third-order valence-corrected chi connectivity index (χ3v) is 13.7. The van der Waals surface area contributed by atoms with Crippen molar-refractivity contribution in [2.45, 2.75) is 31.6 Å². The molecule has 0 saturated heterocycles. The topological polar surface area (TPSA) is 9.23 Å². The summed E-state index contributed by atoms with van der Waals surface area (Å²) in [6.07, 6.45) is 12.2. The van der Waals surface area contributed by atoms with Crippen LogP contribution in [0, 0.1) is 5.92 Å². The summed E-state index contributed by atoms with van der Waals surface area (Å²) in [5, 5.41) is 3.86. The molecule has 0 aromatic heterocycles. The minimum Gasteiger partial charge on any atom is -0.404 e. The lowest BCUT2D eigenvalue weighted by Gasteiger charge is -2.37. The molecule has 2 heteroatoms. The second-order valence-corrected chi connectivity index (χ2v) is 15.5. The smallest absolute Gasteiger partial charge is 0.288 e. The van der Waals surface area contributed by atoms with Crippen molar-refractivity contribution in [2.75, 3.05) is 6.61 Å². The maximum atomic E-state index is 7.33. The lowest BCUT2D eigenvalue weighted by atomic mass is 9.67. The van der Waals surface area contributed by atoms with Crippen LogP contribution in [-0.4, -0.2) is 14.9 Å². The van der Waals surface area contributed by atoms with E-state index in [9.17, 15) is 0 Å². The fourth-order valence-electron chi connectivity index (χ4n) is 7.46. The van der Waals surface area contributed by atoms with Crippen molar-refractivity contribution in [1.29, 1.82) is 0 Å². The first-order valence-corrected chi connectivity index (χ1v) is 17.5. The molecule has 0 aliphatic heterocycles. The molecule has 2 aliphatic carbocycles. The van der Waals surface area contributed by atoms with Gasteiger partial charge in [-0.15, -0.1) is 0 Å². The highest BCUT2D eigenvalue weighted by atomic mass is 28.4. The molecule has 2 aliphatic rings. The minimum absolute atomic E-state index is 0.0310. The van der Waals surface area contributed by atoms with Crippen LogP contribution in [0.25, 0.3) is 11.1 Å². The van der Waals surface area contributed by atoms with E-state index in [2.05, 4.69) is 165 Å². The highest BCUT2D eigenvalue weighted by Gasteiger charge is 2.42. The molecular formula is C41H38OSi. The van der Waals surface area contributed by atoms with Crippen molar-refractivity contribution in [3.8, 4) is 11.1 Å². The fourth-order valence-corrected chi connectivity index (χ4v) is 11.4. The molecule has 0 amide bonds. The van der Waals surface area contributed by atoms with Gasteiger partial charge in [0.1, 0.15) is 0 Å². The predicted molar refractivity (Wildman–Crippen MR) is 183 cm³/mol. The molecule has 0 radical (unpaired) electrons. The van der Waals surface area contributed by atoms with Gasteiger partial charge in [-0.3, -0.25) is 0 Å². The van der Waals surface area contributed by atoms with Crippen LogP contribution in [0.4, 0.5) is 0 Å². The van der Waals surface area contributed by atoms with Gasteiger partial charge < -0.3 is 4.43 Å². The Morgan fingerprint density at radius 1 is 0.628 bits per heavy atom. The third kappa shape index (κ3) is 4.95. The minimum atomic E-state index is -2.72. The van der Waals surface area contributed by atoms with E-state index < -0.39 is 8.32 Å². The summed E-state index contributed by atoms with van der Waals surface area (Å²) in [5.74, 6) is 0.363. The summed E-state index contributed by atoms with van der Waals surface area (Å²) in [4.78, 5) is 0. The van der Waals surface area contributed by atoms with E-state index in [0.717, 1.165) is 19.3 Å². The molecule has 7 rings (SSSR count). The molecule has 0 N–H and O–H groups in total. The highest BCUT2D eigenvalue weighted by Crippen LogP contribution is 2.47. The normalized spacial score (nSPS) is 15.3. The van der Waals surface area contributed by atoms with Gasteiger partial charge in [0.15, 0.2) is 0 Å². The second kappa shape index (κ2) is 11.8. The molecule has 0 spiro atoms. The predicted octanol–water partition coefficient (Wildman–Crippen LogP) is 7.72. The zero-order valence-corrected chi connectivity index (χ0v) is 25.8.